The summed E-state index contributed by atoms with van der Waals surface area (Å²) in [5.74, 6) is -1.34. The second-order valence-corrected chi connectivity index (χ2v) is 6.03. The molecule has 0 aliphatic carbocycles. The van der Waals surface area contributed by atoms with Crippen LogP contribution in [0.2, 0.25) is 0 Å². The van der Waals surface area contributed by atoms with E-state index in [0.29, 0.717) is 25.1 Å². The molecule has 1 aliphatic rings. The zero-order chi connectivity index (χ0) is 17.8. The van der Waals surface area contributed by atoms with Crippen LogP contribution in [0.25, 0.3) is 0 Å². The zero-order valence-electron chi connectivity index (χ0n) is 13.8. The molecule has 25 heavy (non-hydrogen) atoms. The SMILES string of the molecule is CN(CC1CC(c2ccc(F)cc2F)=NO1)C(=O)Cc1ccccc1. The van der Waals surface area contributed by atoms with Crippen molar-refractivity contribution in [2.24, 2.45) is 5.16 Å². The summed E-state index contributed by atoms with van der Waals surface area (Å²) in [5, 5.41) is 3.89. The molecule has 1 atom stereocenters. The second kappa shape index (κ2) is 7.42. The van der Waals surface area contributed by atoms with Crippen molar-refractivity contribution in [3.63, 3.8) is 0 Å². The largest absolute Gasteiger partial charge is 0.390 e. The van der Waals surface area contributed by atoms with Gasteiger partial charge in [0.1, 0.15) is 11.6 Å². The lowest BCUT2D eigenvalue weighted by Gasteiger charge is -2.20. The summed E-state index contributed by atoms with van der Waals surface area (Å²) < 4.78 is 26.8. The minimum atomic E-state index is -0.670. The normalized spacial score (nSPS) is 16.3. The molecule has 130 valence electrons. The minimum Gasteiger partial charge on any atom is -0.390 e. The minimum absolute atomic E-state index is 0.0313. The molecule has 0 N–H and O–H groups in total. The Kier molecular flexibility index (Phi) is 5.07. The number of carbonyl (C=O) groups excluding carboxylic acids is 1. The highest BCUT2D eigenvalue weighted by Crippen LogP contribution is 2.20. The molecule has 4 nitrogen and oxygen atoms in total. The number of oxime groups is 1. The van der Waals surface area contributed by atoms with Crippen molar-refractivity contribution >= 4 is 11.6 Å². The van der Waals surface area contributed by atoms with Crippen LogP contribution >= 0.6 is 0 Å². The molecule has 0 saturated carbocycles. The van der Waals surface area contributed by atoms with E-state index in [9.17, 15) is 13.6 Å². The summed E-state index contributed by atoms with van der Waals surface area (Å²) in [5.41, 5.74) is 1.59. The maximum atomic E-state index is 13.8. The van der Waals surface area contributed by atoms with Crippen molar-refractivity contribution in [2.75, 3.05) is 13.6 Å². The summed E-state index contributed by atoms with van der Waals surface area (Å²) >= 11 is 0. The van der Waals surface area contributed by atoms with Gasteiger partial charge in [0, 0.05) is 25.1 Å². The highest BCUT2D eigenvalue weighted by atomic mass is 19.1. The molecule has 1 unspecified atom stereocenters. The van der Waals surface area contributed by atoms with E-state index < -0.39 is 11.6 Å². The molecular formula is C19H18F2N2O2. The van der Waals surface area contributed by atoms with E-state index in [-0.39, 0.29) is 17.6 Å². The van der Waals surface area contributed by atoms with Gasteiger partial charge in [0.15, 0.2) is 6.10 Å². The Morgan fingerprint density at radius 2 is 2.00 bits per heavy atom. The van der Waals surface area contributed by atoms with Gasteiger partial charge in [0.05, 0.1) is 18.7 Å². The van der Waals surface area contributed by atoms with Gasteiger partial charge in [-0.1, -0.05) is 35.5 Å². The van der Waals surface area contributed by atoms with Crippen molar-refractivity contribution in [2.45, 2.75) is 18.9 Å². The summed E-state index contributed by atoms with van der Waals surface area (Å²) in [7, 11) is 1.70. The van der Waals surface area contributed by atoms with Crippen LogP contribution in [0.4, 0.5) is 8.78 Å². The first-order chi connectivity index (χ1) is 12.0. The van der Waals surface area contributed by atoms with Crippen LogP contribution in [0, 0.1) is 11.6 Å². The van der Waals surface area contributed by atoms with E-state index in [4.69, 9.17) is 4.84 Å². The average Bonchev–Trinajstić information content (AvgIpc) is 3.04. The number of benzene rings is 2. The first-order valence-electron chi connectivity index (χ1n) is 7.99. The second-order valence-electron chi connectivity index (χ2n) is 6.03. The van der Waals surface area contributed by atoms with E-state index in [2.05, 4.69) is 5.16 Å². The number of hydrogen-bond acceptors (Lipinski definition) is 3. The quantitative estimate of drug-likeness (QED) is 0.836. The molecular weight excluding hydrogens is 326 g/mol. The van der Waals surface area contributed by atoms with Gasteiger partial charge in [0.2, 0.25) is 5.91 Å². The van der Waals surface area contributed by atoms with Gasteiger partial charge in [0.25, 0.3) is 0 Å². The van der Waals surface area contributed by atoms with Crippen LogP contribution in [0.1, 0.15) is 17.5 Å². The maximum Gasteiger partial charge on any atom is 0.226 e. The molecule has 1 aliphatic heterocycles. The molecule has 0 bridgehead atoms. The molecule has 0 saturated heterocycles. The van der Waals surface area contributed by atoms with Crippen LogP contribution in [0.15, 0.2) is 53.7 Å². The number of carbonyl (C=O) groups is 1. The smallest absolute Gasteiger partial charge is 0.226 e. The Bertz CT molecular complexity index is 793. The zero-order valence-corrected chi connectivity index (χ0v) is 13.8. The van der Waals surface area contributed by atoms with Gasteiger partial charge in [-0.3, -0.25) is 4.79 Å². The summed E-state index contributed by atoms with van der Waals surface area (Å²) in [6, 6.07) is 12.8. The first kappa shape index (κ1) is 17.1. The lowest BCUT2D eigenvalue weighted by atomic mass is 10.0. The number of nitrogens with zero attached hydrogens (tertiary/aromatic N) is 2. The third-order valence-corrected chi connectivity index (χ3v) is 4.08. The molecule has 0 fully saturated rings. The lowest BCUT2D eigenvalue weighted by Crippen LogP contribution is -2.35. The van der Waals surface area contributed by atoms with Gasteiger partial charge < -0.3 is 9.74 Å². The van der Waals surface area contributed by atoms with Gasteiger partial charge in [-0.2, -0.15) is 0 Å². The number of hydrogen-bond donors (Lipinski definition) is 0. The Morgan fingerprint density at radius 3 is 2.72 bits per heavy atom. The number of rotatable bonds is 5. The molecule has 0 radical (unpaired) electrons. The molecule has 2 aromatic rings. The van der Waals surface area contributed by atoms with Crippen LogP contribution in [0.5, 0.6) is 0 Å². The van der Waals surface area contributed by atoms with Gasteiger partial charge in [-0.15, -0.1) is 0 Å². The van der Waals surface area contributed by atoms with Gasteiger partial charge in [-0.05, 0) is 17.7 Å². The lowest BCUT2D eigenvalue weighted by molar-refractivity contribution is -0.130. The predicted molar refractivity (Wildman–Crippen MR) is 90.2 cm³/mol. The number of halogens is 2. The standard InChI is InChI=1S/C19H18F2N2O2/c1-23(19(24)9-13-5-3-2-4-6-13)12-15-11-18(22-25-15)16-8-7-14(20)10-17(16)21/h2-8,10,15H,9,11-12H2,1H3. The number of likely N-dealkylation sites (N-methyl/N-ethyl adjacent to an activating group) is 1. The van der Waals surface area contributed by atoms with E-state index in [1.165, 1.54) is 12.1 Å². The predicted octanol–water partition coefficient (Wildman–Crippen LogP) is 3.16. The van der Waals surface area contributed by atoms with Crippen LogP contribution in [-0.4, -0.2) is 36.2 Å². The third-order valence-electron chi connectivity index (χ3n) is 4.08. The molecule has 6 heteroatoms. The van der Waals surface area contributed by atoms with E-state index >= 15 is 0 Å². The van der Waals surface area contributed by atoms with Crippen molar-refractivity contribution < 1.29 is 18.4 Å². The molecule has 0 spiro atoms. The van der Waals surface area contributed by atoms with Gasteiger partial charge in [-0.25, -0.2) is 8.78 Å². The Hall–Kier alpha value is -2.76. The van der Waals surface area contributed by atoms with Crippen LogP contribution < -0.4 is 0 Å². The van der Waals surface area contributed by atoms with E-state index in [1.54, 1.807) is 11.9 Å². The Labute approximate surface area is 144 Å². The fourth-order valence-corrected chi connectivity index (χ4v) is 2.72. The van der Waals surface area contributed by atoms with E-state index in [1.807, 2.05) is 30.3 Å². The summed E-state index contributed by atoms with van der Waals surface area (Å²) in [6.45, 7) is 0.349. The van der Waals surface area contributed by atoms with E-state index in [0.717, 1.165) is 11.6 Å². The van der Waals surface area contributed by atoms with Crippen molar-refractivity contribution in [3.8, 4) is 0 Å². The number of amides is 1. The third kappa shape index (κ3) is 4.21. The van der Waals surface area contributed by atoms with Crippen molar-refractivity contribution in [1.82, 2.24) is 4.90 Å². The highest BCUT2D eigenvalue weighted by Gasteiger charge is 2.26. The van der Waals surface area contributed by atoms with Gasteiger partial charge >= 0.3 is 0 Å². The molecule has 2 aromatic carbocycles. The average molecular weight is 344 g/mol. The van der Waals surface area contributed by atoms with Crippen molar-refractivity contribution in [1.29, 1.82) is 0 Å². The molecule has 1 amide bonds. The Morgan fingerprint density at radius 1 is 1.24 bits per heavy atom. The summed E-state index contributed by atoms with van der Waals surface area (Å²) in [4.78, 5) is 19.2. The molecule has 0 aromatic heterocycles. The van der Waals surface area contributed by atoms with Crippen LogP contribution in [0.3, 0.4) is 0 Å². The van der Waals surface area contributed by atoms with Crippen LogP contribution in [-0.2, 0) is 16.1 Å². The van der Waals surface area contributed by atoms with Crippen molar-refractivity contribution in [3.05, 3.63) is 71.3 Å². The summed E-state index contributed by atoms with van der Waals surface area (Å²) in [6.07, 6.45) is 0.333. The molecule has 3 rings (SSSR count). The first-order valence-corrected chi connectivity index (χ1v) is 7.99. The fraction of sp³-hybridized carbons (Fsp3) is 0.263. The topological polar surface area (TPSA) is 41.9 Å². The molecule has 1 heterocycles. The Balaban J connectivity index is 1.55. The highest BCUT2D eigenvalue weighted by molar-refractivity contribution is 6.01. The monoisotopic (exact) mass is 344 g/mol. The maximum absolute atomic E-state index is 13.8. The fourth-order valence-electron chi connectivity index (χ4n) is 2.72.